The highest BCUT2D eigenvalue weighted by Crippen LogP contribution is 2.43. The summed E-state index contributed by atoms with van der Waals surface area (Å²) in [5.41, 5.74) is 1.08. The highest BCUT2D eigenvalue weighted by atomic mass is 19.1. The van der Waals surface area contributed by atoms with Gasteiger partial charge in [-0.3, -0.25) is 4.79 Å². The quantitative estimate of drug-likeness (QED) is 0.826. The van der Waals surface area contributed by atoms with Gasteiger partial charge in [-0.2, -0.15) is 0 Å². The van der Waals surface area contributed by atoms with E-state index in [4.69, 9.17) is 14.2 Å². The Morgan fingerprint density at radius 2 is 1.75 bits per heavy atom. The Balaban J connectivity index is 1.39. The number of carbonyl (C=O) groups excluding carboxylic acids is 1. The minimum Gasteiger partial charge on any atom is -0.486 e. The van der Waals surface area contributed by atoms with E-state index in [-0.39, 0.29) is 23.7 Å². The number of nitrogens with one attached hydrogen (secondary N) is 1. The Hall–Kier alpha value is -2.76. The molecule has 0 atom stereocenters. The molecule has 2 aliphatic rings. The number of halogens is 1. The summed E-state index contributed by atoms with van der Waals surface area (Å²) in [4.78, 5) is 12.3. The Labute approximate surface area is 163 Å². The second-order valence-electron chi connectivity index (χ2n) is 7.37. The van der Waals surface area contributed by atoms with Gasteiger partial charge in [-0.05, 0) is 54.8 Å². The number of ether oxygens (including phenoxy) is 3. The van der Waals surface area contributed by atoms with E-state index in [1.54, 1.807) is 0 Å². The normalized spacial score (nSPS) is 17.2. The van der Waals surface area contributed by atoms with Crippen LogP contribution in [-0.2, 0) is 10.2 Å². The van der Waals surface area contributed by atoms with Gasteiger partial charge in [-0.1, -0.05) is 18.9 Å². The summed E-state index contributed by atoms with van der Waals surface area (Å²) in [6, 6.07) is 11.7. The molecule has 0 radical (unpaired) electrons. The molecule has 0 saturated heterocycles. The highest BCUT2D eigenvalue weighted by Gasteiger charge is 2.36. The molecule has 0 bridgehead atoms. The van der Waals surface area contributed by atoms with Crippen LogP contribution in [0.2, 0.25) is 0 Å². The molecule has 148 valence electrons. The van der Waals surface area contributed by atoms with E-state index in [1.807, 2.05) is 6.07 Å². The molecule has 5 nitrogen and oxygen atoms in total. The fourth-order valence-electron chi connectivity index (χ4n) is 3.99. The van der Waals surface area contributed by atoms with E-state index in [0.717, 1.165) is 37.2 Å². The van der Waals surface area contributed by atoms with Crippen LogP contribution in [0, 0.1) is 5.82 Å². The Morgan fingerprint density at radius 3 is 2.50 bits per heavy atom. The molecule has 6 heteroatoms. The van der Waals surface area contributed by atoms with Gasteiger partial charge in [0, 0.05) is 12.0 Å². The second kappa shape index (κ2) is 8.09. The average molecular weight is 385 g/mol. The zero-order chi connectivity index (χ0) is 19.4. The second-order valence-corrected chi connectivity index (χ2v) is 7.37. The summed E-state index contributed by atoms with van der Waals surface area (Å²) in [7, 11) is 0. The first-order valence-corrected chi connectivity index (χ1v) is 9.70. The van der Waals surface area contributed by atoms with Crippen molar-refractivity contribution in [3.63, 3.8) is 0 Å². The van der Waals surface area contributed by atoms with Gasteiger partial charge in [0.1, 0.15) is 24.8 Å². The third-order valence-corrected chi connectivity index (χ3v) is 5.52. The summed E-state index contributed by atoms with van der Waals surface area (Å²) in [6.07, 6.45) is 4.31. The molecule has 4 rings (SSSR count). The van der Waals surface area contributed by atoms with Crippen LogP contribution >= 0.6 is 0 Å². The lowest BCUT2D eigenvalue weighted by Gasteiger charge is -2.31. The van der Waals surface area contributed by atoms with E-state index in [2.05, 4.69) is 17.4 Å². The largest absolute Gasteiger partial charge is 0.486 e. The fourth-order valence-corrected chi connectivity index (χ4v) is 3.99. The van der Waals surface area contributed by atoms with Crippen LogP contribution in [0.15, 0.2) is 42.5 Å². The number of hydrogen-bond acceptors (Lipinski definition) is 4. The van der Waals surface area contributed by atoms with Gasteiger partial charge in [-0.15, -0.1) is 0 Å². The molecule has 1 N–H and O–H groups in total. The van der Waals surface area contributed by atoms with Gasteiger partial charge in [0.05, 0.1) is 0 Å². The summed E-state index contributed by atoms with van der Waals surface area (Å²) in [6.45, 7) is 1.59. The van der Waals surface area contributed by atoms with Crippen LogP contribution < -0.4 is 19.5 Å². The Kier molecular flexibility index (Phi) is 5.37. The maximum absolute atomic E-state index is 12.9. The predicted octanol–water partition coefficient (Wildman–Crippen LogP) is 3.60. The lowest BCUT2D eigenvalue weighted by atomic mass is 9.78. The summed E-state index contributed by atoms with van der Waals surface area (Å²) >= 11 is 0. The molecular formula is C22H24FNO4. The van der Waals surface area contributed by atoms with Crippen LogP contribution in [0.1, 0.15) is 31.2 Å². The van der Waals surface area contributed by atoms with Crippen molar-refractivity contribution in [1.82, 2.24) is 5.32 Å². The van der Waals surface area contributed by atoms with Crippen molar-refractivity contribution in [1.29, 1.82) is 0 Å². The van der Waals surface area contributed by atoms with E-state index in [1.165, 1.54) is 29.8 Å². The summed E-state index contributed by atoms with van der Waals surface area (Å²) in [5.74, 6) is 1.51. The van der Waals surface area contributed by atoms with Crippen LogP contribution in [0.25, 0.3) is 0 Å². The van der Waals surface area contributed by atoms with Crippen molar-refractivity contribution in [2.45, 2.75) is 31.1 Å². The maximum atomic E-state index is 12.9. The molecule has 0 aromatic heterocycles. The Morgan fingerprint density at radius 1 is 1.04 bits per heavy atom. The average Bonchev–Trinajstić information content (AvgIpc) is 3.22. The van der Waals surface area contributed by atoms with Crippen molar-refractivity contribution in [3.05, 3.63) is 53.8 Å². The molecule has 28 heavy (non-hydrogen) atoms. The molecule has 2 aromatic carbocycles. The molecule has 1 aliphatic heterocycles. The van der Waals surface area contributed by atoms with Crippen LogP contribution in [0.5, 0.6) is 17.2 Å². The topological polar surface area (TPSA) is 56.8 Å². The zero-order valence-corrected chi connectivity index (χ0v) is 15.7. The molecular weight excluding hydrogens is 361 g/mol. The van der Waals surface area contributed by atoms with Crippen molar-refractivity contribution in [3.8, 4) is 17.2 Å². The smallest absolute Gasteiger partial charge is 0.257 e. The number of benzene rings is 2. The van der Waals surface area contributed by atoms with Gasteiger partial charge in [0.15, 0.2) is 18.1 Å². The molecule has 0 spiro atoms. The van der Waals surface area contributed by atoms with Crippen LogP contribution in [-0.4, -0.2) is 32.3 Å². The molecule has 1 aliphatic carbocycles. The van der Waals surface area contributed by atoms with E-state index < -0.39 is 0 Å². The monoisotopic (exact) mass is 385 g/mol. The first-order valence-electron chi connectivity index (χ1n) is 9.70. The summed E-state index contributed by atoms with van der Waals surface area (Å²) in [5, 5.41) is 3.02. The van der Waals surface area contributed by atoms with Gasteiger partial charge in [-0.25, -0.2) is 4.39 Å². The molecule has 1 saturated carbocycles. The number of carbonyl (C=O) groups is 1. The zero-order valence-electron chi connectivity index (χ0n) is 15.7. The van der Waals surface area contributed by atoms with Gasteiger partial charge in [0.2, 0.25) is 0 Å². The van der Waals surface area contributed by atoms with Crippen molar-refractivity contribution in [2.75, 3.05) is 26.4 Å². The number of amides is 1. The lowest BCUT2D eigenvalue weighted by molar-refractivity contribution is -0.123. The summed E-state index contributed by atoms with van der Waals surface area (Å²) < 4.78 is 29.7. The van der Waals surface area contributed by atoms with Crippen molar-refractivity contribution in [2.24, 2.45) is 0 Å². The number of rotatable bonds is 6. The molecule has 1 fully saturated rings. The minimum atomic E-state index is -0.334. The van der Waals surface area contributed by atoms with E-state index >= 15 is 0 Å². The van der Waals surface area contributed by atoms with E-state index in [0.29, 0.717) is 25.5 Å². The standard InChI is InChI=1S/C22H24FNO4/c23-17-4-6-18(7-5-17)28-14-21(25)24-15-22(9-1-2-10-22)16-3-8-19-20(13-16)27-12-11-26-19/h3-8,13H,1-2,9-12,14-15H2,(H,24,25). The predicted molar refractivity (Wildman–Crippen MR) is 102 cm³/mol. The number of hydrogen-bond donors (Lipinski definition) is 1. The van der Waals surface area contributed by atoms with Gasteiger partial charge in [0.25, 0.3) is 5.91 Å². The molecule has 1 heterocycles. The first-order chi connectivity index (χ1) is 13.6. The van der Waals surface area contributed by atoms with E-state index in [9.17, 15) is 9.18 Å². The maximum Gasteiger partial charge on any atom is 0.257 e. The molecule has 0 unspecified atom stereocenters. The van der Waals surface area contributed by atoms with Gasteiger partial charge < -0.3 is 19.5 Å². The Bertz CT molecular complexity index is 831. The minimum absolute atomic E-state index is 0.0944. The number of fused-ring (bicyclic) bond motifs is 1. The molecule has 2 aromatic rings. The fraction of sp³-hybridized carbons (Fsp3) is 0.409. The van der Waals surface area contributed by atoms with Crippen LogP contribution in [0.3, 0.4) is 0 Å². The van der Waals surface area contributed by atoms with Gasteiger partial charge >= 0.3 is 0 Å². The highest BCUT2D eigenvalue weighted by molar-refractivity contribution is 5.77. The van der Waals surface area contributed by atoms with Crippen LogP contribution in [0.4, 0.5) is 4.39 Å². The first kappa shape index (κ1) is 18.6. The van der Waals surface area contributed by atoms with Crippen molar-refractivity contribution >= 4 is 5.91 Å². The SMILES string of the molecule is O=C(COc1ccc(F)cc1)NCC1(c2ccc3c(c2)OCCO3)CCCC1. The molecule has 1 amide bonds. The third-order valence-electron chi connectivity index (χ3n) is 5.52. The lowest BCUT2D eigenvalue weighted by Crippen LogP contribution is -2.41. The van der Waals surface area contributed by atoms with Crippen molar-refractivity contribution < 1.29 is 23.4 Å². The third kappa shape index (κ3) is 4.06.